The second kappa shape index (κ2) is 5.42. The number of nitrogens with one attached hydrogen (secondary N) is 2. The highest BCUT2D eigenvalue weighted by atomic mass is 16.5. The molecule has 1 aliphatic heterocycles. The van der Waals surface area contributed by atoms with Crippen molar-refractivity contribution < 1.29 is 4.74 Å². The quantitative estimate of drug-likeness (QED) is 0.815. The van der Waals surface area contributed by atoms with Gasteiger partial charge in [-0.3, -0.25) is 0 Å². The minimum absolute atomic E-state index is 0.0654. The number of aromatic nitrogens is 2. The lowest BCUT2D eigenvalue weighted by molar-refractivity contribution is -0.0226. The minimum atomic E-state index is -0.0654. The molecule has 0 aromatic carbocycles. The van der Waals surface area contributed by atoms with Crippen LogP contribution in [0.3, 0.4) is 0 Å². The van der Waals surface area contributed by atoms with Gasteiger partial charge < -0.3 is 15.4 Å². The molecule has 0 amide bonds. The van der Waals surface area contributed by atoms with E-state index in [0.29, 0.717) is 0 Å². The summed E-state index contributed by atoms with van der Waals surface area (Å²) in [5.74, 6) is 0.868. The van der Waals surface area contributed by atoms with E-state index < -0.39 is 0 Å². The molecule has 0 unspecified atom stereocenters. The topological polar surface area (TPSA) is 59.1 Å². The van der Waals surface area contributed by atoms with E-state index in [9.17, 15) is 0 Å². The molecule has 1 aromatic heterocycles. The lowest BCUT2D eigenvalue weighted by Crippen LogP contribution is -2.48. The van der Waals surface area contributed by atoms with Gasteiger partial charge in [0.2, 0.25) is 0 Å². The van der Waals surface area contributed by atoms with Crippen LogP contribution in [0.5, 0.6) is 0 Å². The number of ether oxygens (including phenoxy) is 1. The molecule has 0 radical (unpaired) electrons. The normalized spacial score (nSPS) is 18.9. The second-order valence-corrected chi connectivity index (χ2v) is 4.54. The first-order chi connectivity index (χ1) is 8.24. The van der Waals surface area contributed by atoms with Crippen LogP contribution in [-0.2, 0) is 4.74 Å². The predicted octanol–water partition coefficient (Wildman–Crippen LogP) is 0.966. The number of rotatable bonds is 4. The average Bonchev–Trinajstić information content (AvgIpc) is 2.38. The minimum Gasteiger partial charge on any atom is -0.376 e. The van der Waals surface area contributed by atoms with Crippen molar-refractivity contribution in [1.82, 2.24) is 15.3 Å². The summed E-state index contributed by atoms with van der Waals surface area (Å²) in [6, 6.07) is 1.95. The molecule has 2 heterocycles. The Bertz CT molecular complexity index is 363. The molecule has 1 saturated heterocycles. The Morgan fingerprint density at radius 2 is 2.18 bits per heavy atom. The van der Waals surface area contributed by atoms with Crippen molar-refractivity contribution in [2.45, 2.75) is 25.4 Å². The number of piperidine rings is 1. The van der Waals surface area contributed by atoms with Crippen molar-refractivity contribution in [1.29, 1.82) is 0 Å². The Kier molecular flexibility index (Phi) is 3.91. The zero-order valence-corrected chi connectivity index (χ0v) is 10.5. The molecule has 2 rings (SSSR count). The van der Waals surface area contributed by atoms with Gasteiger partial charge in [-0.25, -0.2) is 9.97 Å². The van der Waals surface area contributed by atoms with Gasteiger partial charge in [0.05, 0.1) is 5.60 Å². The summed E-state index contributed by atoms with van der Waals surface area (Å²) < 4.78 is 5.68. The summed E-state index contributed by atoms with van der Waals surface area (Å²) in [6.45, 7) is 4.78. The third kappa shape index (κ3) is 3.14. The fraction of sp³-hybridized carbons (Fsp3) is 0.667. The van der Waals surface area contributed by atoms with Crippen molar-refractivity contribution in [3.63, 3.8) is 0 Å². The molecule has 2 N–H and O–H groups in total. The summed E-state index contributed by atoms with van der Waals surface area (Å²) in [5, 5.41) is 6.69. The maximum atomic E-state index is 5.68. The molecule has 0 atom stereocenters. The van der Waals surface area contributed by atoms with Crippen molar-refractivity contribution in [2.24, 2.45) is 0 Å². The smallest absolute Gasteiger partial charge is 0.129 e. The molecule has 1 aromatic rings. The molecular formula is C12H20N4O. The van der Waals surface area contributed by atoms with Crippen molar-refractivity contribution in [3.8, 4) is 0 Å². The largest absolute Gasteiger partial charge is 0.376 e. The van der Waals surface area contributed by atoms with E-state index in [0.717, 1.165) is 44.0 Å². The molecule has 0 bridgehead atoms. The molecule has 0 saturated carbocycles. The van der Waals surface area contributed by atoms with Crippen LogP contribution in [0.15, 0.2) is 12.4 Å². The molecular weight excluding hydrogens is 216 g/mol. The molecule has 17 heavy (non-hydrogen) atoms. The monoisotopic (exact) mass is 236 g/mol. The first kappa shape index (κ1) is 12.3. The highest BCUT2D eigenvalue weighted by molar-refractivity contribution is 5.34. The van der Waals surface area contributed by atoms with Gasteiger partial charge in [-0.15, -0.1) is 0 Å². The maximum Gasteiger partial charge on any atom is 0.129 e. The maximum absolute atomic E-state index is 5.68. The Morgan fingerprint density at radius 3 is 2.82 bits per heavy atom. The number of nitrogens with zero attached hydrogens (tertiary/aromatic N) is 2. The van der Waals surface area contributed by atoms with Crippen LogP contribution in [-0.4, -0.2) is 42.3 Å². The van der Waals surface area contributed by atoms with Crippen LogP contribution in [0.25, 0.3) is 0 Å². The zero-order chi connectivity index (χ0) is 12.1. The van der Waals surface area contributed by atoms with Crippen LogP contribution in [0.1, 0.15) is 18.5 Å². The number of hydrogen-bond acceptors (Lipinski definition) is 5. The SMILES string of the molecule is COC1(CNc2cc(C)ncn2)CCNCC1. The van der Waals surface area contributed by atoms with Gasteiger partial charge in [-0.2, -0.15) is 0 Å². The summed E-state index contributed by atoms with van der Waals surface area (Å²) in [7, 11) is 1.79. The van der Waals surface area contributed by atoms with E-state index in [1.54, 1.807) is 13.4 Å². The summed E-state index contributed by atoms with van der Waals surface area (Å²) >= 11 is 0. The van der Waals surface area contributed by atoms with Gasteiger partial charge in [0.25, 0.3) is 0 Å². The summed E-state index contributed by atoms with van der Waals surface area (Å²) in [5.41, 5.74) is 0.906. The van der Waals surface area contributed by atoms with E-state index in [-0.39, 0.29) is 5.60 Å². The number of methoxy groups -OCH3 is 1. The Hall–Kier alpha value is -1.20. The Balaban J connectivity index is 1.95. The Morgan fingerprint density at radius 1 is 1.41 bits per heavy atom. The van der Waals surface area contributed by atoms with Crippen LogP contribution < -0.4 is 10.6 Å². The van der Waals surface area contributed by atoms with Gasteiger partial charge >= 0.3 is 0 Å². The molecule has 0 spiro atoms. The van der Waals surface area contributed by atoms with Gasteiger partial charge in [0.1, 0.15) is 12.1 Å². The lowest BCUT2D eigenvalue weighted by atomic mass is 9.92. The van der Waals surface area contributed by atoms with E-state index in [2.05, 4.69) is 20.6 Å². The molecule has 5 nitrogen and oxygen atoms in total. The Labute approximate surface area is 102 Å². The van der Waals surface area contributed by atoms with Gasteiger partial charge in [0.15, 0.2) is 0 Å². The van der Waals surface area contributed by atoms with E-state index in [1.165, 1.54) is 0 Å². The van der Waals surface area contributed by atoms with Crippen LogP contribution in [0.4, 0.5) is 5.82 Å². The average molecular weight is 236 g/mol. The molecule has 5 heteroatoms. The highest BCUT2D eigenvalue weighted by Crippen LogP contribution is 2.22. The van der Waals surface area contributed by atoms with Gasteiger partial charge in [0, 0.05) is 25.4 Å². The van der Waals surface area contributed by atoms with Gasteiger partial charge in [-0.1, -0.05) is 0 Å². The first-order valence-electron chi connectivity index (χ1n) is 6.02. The van der Waals surface area contributed by atoms with Crippen molar-refractivity contribution in [2.75, 3.05) is 32.1 Å². The van der Waals surface area contributed by atoms with Crippen LogP contribution in [0, 0.1) is 6.92 Å². The van der Waals surface area contributed by atoms with Crippen molar-refractivity contribution in [3.05, 3.63) is 18.1 Å². The van der Waals surface area contributed by atoms with Crippen molar-refractivity contribution >= 4 is 5.82 Å². The fourth-order valence-corrected chi connectivity index (χ4v) is 2.14. The van der Waals surface area contributed by atoms with E-state index >= 15 is 0 Å². The summed E-state index contributed by atoms with van der Waals surface area (Å²) in [6.07, 6.45) is 3.64. The van der Waals surface area contributed by atoms with E-state index in [4.69, 9.17) is 4.74 Å². The van der Waals surface area contributed by atoms with Gasteiger partial charge in [-0.05, 0) is 32.9 Å². The number of hydrogen-bond donors (Lipinski definition) is 2. The van der Waals surface area contributed by atoms with Crippen LogP contribution >= 0.6 is 0 Å². The highest BCUT2D eigenvalue weighted by Gasteiger charge is 2.31. The zero-order valence-electron chi connectivity index (χ0n) is 10.5. The standard InChI is InChI=1S/C12H20N4O/c1-10-7-11(16-9-15-10)14-8-12(17-2)3-5-13-6-4-12/h7,9,13H,3-6,8H2,1-2H3,(H,14,15,16). The predicted molar refractivity (Wildman–Crippen MR) is 67.1 cm³/mol. The van der Waals surface area contributed by atoms with Crippen LogP contribution in [0.2, 0.25) is 0 Å². The lowest BCUT2D eigenvalue weighted by Gasteiger charge is -2.36. The van der Waals surface area contributed by atoms with E-state index in [1.807, 2.05) is 13.0 Å². The third-order valence-electron chi connectivity index (χ3n) is 3.34. The number of aryl methyl sites for hydroxylation is 1. The molecule has 1 fully saturated rings. The molecule has 0 aliphatic carbocycles. The summed E-state index contributed by atoms with van der Waals surface area (Å²) in [4.78, 5) is 8.28. The molecule has 94 valence electrons. The molecule has 1 aliphatic rings. The third-order valence-corrected chi connectivity index (χ3v) is 3.34. The first-order valence-corrected chi connectivity index (χ1v) is 6.02. The second-order valence-electron chi connectivity index (χ2n) is 4.54. The number of anilines is 1. The fourth-order valence-electron chi connectivity index (χ4n) is 2.14.